The Balaban J connectivity index is 1.75. The zero-order chi connectivity index (χ0) is 15.0. The summed E-state index contributed by atoms with van der Waals surface area (Å²) in [7, 11) is -2.16. The highest BCUT2D eigenvalue weighted by Gasteiger charge is 2.40. The molecule has 0 radical (unpaired) electrons. The third-order valence-corrected chi connectivity index (χ3v) is 6.14. The first kappa shape index (κ1) is 14.5. The van der Waals surface area contributed by atoms with Crippen LogP contribution in [0.1, 0.15) is 36.0 Å². The van der Waals surface area contributed by atoms with E-state index in [1.165, 1.54) is 38.4 Å². The van der Waals surface area contributed by atoms with Crippen LogP contribution in [0.5, 0.6) is 0 Å². The molecule has 2 N–H and O–H groups in total. The molecule has 5 nitrogen and oxygen atoms in total. The fourth-order valence-corrected chi connectivity index (χ4v) is 4.37. The summed E-state index contributed by atoms with van der Waals surface area (Å²) in [6, 6.07) is 6.41. The Hall–Kier alpha value is -1.40. The SMILES string of the molecule is CNS(=O)(=O)c1cccc(C(=O)N[C@@H]2C[C@H]3CC[C@H]2C3)c1. The second-order valence-electron chi connectivity index (χ2n) is 5.99. The van der Waals surface area contributed by atoms with E-state index < -0.39 is 10.0 Å². The molecule has 1 aromatic carbocycles. The normalized spacial score (nSPS) is 27.8. The maximum absolute atomic E-state index is 12.3. The molecule has 0 heterocycles. The average molecular weight is 308 g/mol. The van der Waals surface area contributed by atoms with Crippen molar-refractivity contribution in [1.29, 1.82) is 0 Å². The van der Waals surface area contributed by atoms with E-state index >= 15 is 0 Å². The summed E-state index contributed by atoms with van der Waals surface area (Å²) >= 11 is 0. The molecule has 0 unspecified atom stereocenters. The molecule has 0 spiro atoms. The number of rotatable bonds is 4. The highest BCUT2D eigenvalue weighted by Crippen LogP contribution is 2.44. The van der Waals surface area contributed by atoms with Crippen LogP contribution in [-0.2, 0) is 10.0 Å². The first-order chi connectivity index (χ1) is 9.99. The molecule has 21 heavy (non-hydrogen) atoms. The minimum Gasteiger partial charge on any atom is -0.349 e. The van der Waals surface area contributed by atoms with Crippen LogP contribution in [0.25, 0.3) is 0 Å². The van der Waals surface area contributed by atoms with Crippen LogP contribution in [0.4, 0.5) is 0 Å². The number of benzene rings is 1. The molecule has 0 aromatic heterocycles. The minimum atomic E-state index is -3.52. The molecule has 1 amide bonds. The van der Waals surface area contributed by atoms with Gasteiger partial charge in [0, 0.05) is 11.6 Å². The van der Waals surface area contributed by atoms with Gasteiger partial charge in [0.05, 0.1) is 4.90 Å². The molecule has 0 saturated heterocycles. The number of sulfonamides is 1. The largest absolute Gasteiger partial charge is 0.349 e. The highest BCUT2D eigenvalue weighted by atomic mass is 32.2. The average Bonchev–Trinajstić information content (AvgIpc) is 3.10. The van der Waals surface area contributed by atoms with Gasteiger partial charge >= 0.3 is 0 Å². The quantitative estimate of drug-likeness (QED) is 0.885. The Bertz CT molecular complexity index is 657. The smallest absolute Gasteiger partial charge is 0.251 e. The maximum atomic E-state index is 12.3. The van der Waals surface area contributed by atoms with Crippen LogP contribution in [0, 0.1) is 11.8 Å². The molecule has 2 aliphatic rings. The second kappa shape index (κ2) is 5.42. The summed E-state index contributed by atoms with van der Waals surface area (Å²) < 4.78 is 25.8. The Labute approximate surface area is 125 Å². The molecule has 2 aliphatic carbocycles. The van der Waals surface area contributed by atoms with Gasteiger partial charge in [0.25, 0.3) is 5.91 Å². The zero-order valence-electron chi connectivity index (χ0n) is 12.0. The number of nitrogens with one attached hydrogen (secondary N) is 2. The summed E-state index contributed by atoms with van der Waals surface area (Å²) in [6.45, 7) is 0. The third kappa shape index (κ3) is 2.82. The number of fused-ring (bicyclic) bond motifs is 2. The number of hydrogen-bond donors (Lipinski definition) is 2. The number of carbonyl (C=O) groups is 1. The van der Waals surface area contributed by atoms with Crippen molar-refractivity contribution in [2.75, 3.05) is 7.05 Å². The van der Waals surface area contributed by atoms with E-state index in [4.69, 9.17) is 0 Å². The van der Waals surface area contributed by atoms with E-state index in [9.17, 15) is 13.2 Å². The van der Waals surface area contributed by atoms with Crippen molar-refractivity contribution in [2.45, 2.75) is 36.6 Å². The predicted molar refractivity (Wildman–Crippen MR) is 79.4 cm³/mol. The first-order valence-corrected chi connectivity index (χ1v) is 8.82. The van der Waals surface area contributed by atoms with Gasteiger partial charge in [0.1, 0.15) is 0 Å². The topological polar surface area (TPSA) is 75.3 Å². The van der Waals surface area contributed by atoms with Crippen LogP contribution < -0.4 is 10.0 Å². The fraction of sp³-hybridized carbons (Fsp3) is 0.533. The summed E-state index contributed by atoms with van der Waals surface area (Å²) in [5.74, 6) is 1.18. The first-order valence-electron chi connectivity index (χ1n) is 7.34. The Kier molecular flexibility index (Phi) is 3.75. The maximum Gasteiger partial charge on any atom is 0.251 e. The van der Waals surface area contributed by atoms with Gasteiger partial charge in [-0.05, 0) is 56.3 Å². The fourth-order valence-electron chi connectivity index (χ4n) is 3.60. The van der Waals surface area contributed by atoms with Crippen molar-refractivity contribution in [1.82, 2.24) is 10.0 Å². The van der Waals surface area contributed by atoms with Crippen molar-refractivity contribution in [2.24, 2.45) is 11.8 Å². The Morgan fingerprint density at radius 1 is 1.24 bits per heavy atom. The standard InChI is InChI=1S/C15H20N2O3S/c1-16-21(19,20)13-4-2-3-12(9-13)15(18)17-14-8-10-5-6-11(14)7-10/h2-4,9-11,14,16H,5-8H2,1H3,(H,17,18)/t10-,11-,14+/m0/s1. The molecular weight excluding hydrogens is 288 g/mol. The third-order valence-electron chi connectivity index (χ3n) is 4.73. The minimum absolute atomic E-state index is 0.116. The van der Waals surface area contributed by atoms with Crippen LogP contribution in [0.15, 0.2) is 29.2 Å². The van der Waals surface area contributed by atoms with E-state index in [0.717, 1.165) is 12.3 Å². The van der Waals surface area contributed by atoms with Gasteiger partial charge in [0.2, 0.25) is 10.0 Å². The summed E-state index contributed by atoms with van der Waals surface area (Å²) in [4.78, 5) is 12.4. The molecular formula is C15H20N2O3S. The van der Waals surface area contributed by atoms with Gasteiger partial charge in [0.15, 0.2) is 0 Å². The second-order valence-corrected chi connectivity index (χ2v) is 7.88. The van der Waals surface area contributed by atoms with E-state index in [1.807, 2.05) is 0 Å². The van der Waals surface area contributed by atoms with Gasteiger partial charge in [-0.25, -0.2) is 13.1 Å². The van der Waals surface area contributed by atoms with Gasteiger partial charge in [-0.1, -0.05) is 12.5 Å². The molecule has 2 bridgehead atoms. The van der Waals surface area contributed by atoms with Crippen LogP contribution in [0.2, 0.25) is 0 Å². The summed E-state index contributed by atoms with van der Waals surface area (Å²) in [5.41, 5.74) is 0.397. The summed E-state index contributed by atoms with van der Waals surface area (Å²) in [6.07, 6.45) is 4.76. The van der Waals surface area contributed by atoms with Crippen LogP contribution in [0.3, 0.4) is 0 Å². The number of amides is 1. The van der Waals surface area contributed by atoms with Crippen molar-refractivity contribution >= 4 is 15.9 Å². The molecule has 2 fully saturated rings. The molecule has 3 atom stereocenters. The van der Waals surface area contributed by atoms with Gasteiger partial charge in [-0.15, -0.1) is 0 Å². The van der Waals surface area contributed by atoms with Crippen LogP contribution in [-0.4, -0.2) is 27.4 Å². The van der Waals surface area contributed by atoms with Gasteiger partial charge in [-0.3, -0.25) is 4.79 Å². The lowest BCUT2D eigenvalue weighted by molar-refractivity contribution is 0.0922. The lowest BCUT2D eigenvalue weighted by atomic mass is 9.95. The molecule has 114 valence electrons. The van der Waals surface area contributed by atoms with Crippen molar-refractivity contribution in [3.63, 3.8) is 0 Å². The van der Waals surface area contributed by atoms with Crippen molar-refractivity contribution in [3.05, 3.63) is 29.8 Å². The lowest BCUT2D eigenvalue weighted by Gasteiger charge is -2.23. The Morgan fingerprint density at radius 3 is 2.67 bits per heavy atom. The molecule has 2 saturated carbocycles. The van der Waals surface area contributed by atoms with Crippen molar-refractivity contribution < 1.29 is 13.2 Å². The predicted octanol–water partition coefficient (Wildman–Crippen LogP) is 1.51. The van der Waals surface area contributed by atoms with Gasteiger partial charge in [-0.2, -0.15) is 0 Å². The highest BCUT2D eigenvalue weighted by molar-refractivity contribution is 7.89. The van der Waals surface area contributed by atoms with E-state index in [1.54, 1.807) is 12.1 Å². The van der Waals surface area contributed by atoms with Crippen LogP contribution >= 0.6 is 0 Å². The van der Waals surface area contributed by atoms with E-state index in [-0.39, 0.29) is 16.8 Å². The number of hydrogen-bond acceptors (Lipinski definition) is 3. The molecule has 1 aromatic rings. The number of carbonyl (C=O) groups excluding carboxylic acids is 1. The zero-order valence-corrected chi connectivity index (χ0v) is 12.8. The summed E-state index contributed by atoms with van der Waals surface area (Å²) in [5, 5.41) is 3.07. The Morgan fingerprint density at radius 2 is 2.05 bits per heavy atom. The van der Waals surface area contributed by atoms with Gasteiger partial charge < -0.3 is 5.32 Å². The molecule has 6 heteroatoms. The molecule has 0 aliphatic heterocycles. The van der Waals surface area contributed by atoms with E-state index in [2.05, 4.69) is 10.0 Å². The molecule has 3 rings (SSSR count). The van der Waals surface area contributed by atoms with E-state index in [0.29, 0.717) is 11.5 Å². The van der Waals surface area contributed by atoms with Crippen molar-refractivity contribution in [3.8, 4) is 0 Å². The monoisotopic (exact) mass is 308 g/mol. The lowest BCUT2D eigenvalue weighted by Crippen LogP contribution is -2.38.